The van der Waals surface area contributed by atoms with Crippen molar-refractivity contribution < 1.29 is 19.0 Å². The number of carbonyl (C=O) groups is 1. The first-order chi connectivity index (χ1) is 9.38. The molecule has 0 unspecified atom stereocenters. The minimum absolute atomic E-state index is 0.0314. The molecule has 20 heavy (non-hydrogen) atoms. The summed E-state index contributed by atoms with van der Waals surface area (Å²) in [5.74, 6) is -1.31. The highest BCUT2D eigenvalue weighted by molar-refractivity contribution is 6.30. The Kier molecular flexibility index (Phi) is 3.90. The van der Waals surface area contributed by atoms with Crippen LogP contribution < -0.4 is 4.74 Å². The summed E-state index contributed by atoms with van der Waals surface area (Å²) < 4.78 is 18.6. The lowest BCUT2D eigenvalue weighted by molar-refractivity contribution is 0.0692. The third-order valence-electron chi connectivity index (χ3n) is 2.62. The number of benzene rings is 1. The molecule has 104 valence electrons. The Balaban J connectivity index is 2.47. The second-order valence-electron chi connectivity index (χ2n) is 4.21. The highest BCUT2D eigenvalue weighted by atomic mass is 35.5. The van der Waals surface area contributed by atoms with Gasteiger partial charge < -0.3 is 9.84 Å². The molecule has 0 amide bonds. The lowest BCUT2D eigenvalue weighted by atomic mass is 10.1. The van der Waals surface area contributed by atoms with Crippen LogP contribution in [-0.2, 0) is 0 Å². The predicted molar refractivity (Wildman–Crippen MR) is 72.2 cm³/mol. The Bertz CT molecular complexity index is 688. The van der Waals surface area contributed by atoms with Crippen LogP contribution in [0.25, 0.3) is 0 Å². The van der Waals surface area contributed by atoms with E-state index in [1.54, 1.807) is 13.8 Å². The van der Waals surface area contributed by atoms with Gasteiger partial charge in [-0.1, -0.05) is 11.6 Å². The Labute approximate surface area is 119 Å². The van der Waals surface area contributed by atoms with Crippen LogP contribution in [0, 0.1) is 19.7 Å². The van der Waals surface area contributed by atoms with Crippen molar-refractivity contribution in [2.45, 2.75) is 13.8 Å². The lowest BCUT2D eigenvalue weighted by Gasteiger charge is -2.11. The van der Waals surface area contributed by atoms with Crippen molar-refractivity contribution in [3.8, 4) is 11.5 Å². The van der Waals surface area contributed by atoms with Gasteiger partial charge in [0.05, 0.1) is 10.7 Å². The van der Waals surface area contributed by atoms with Gasteiger partial charge in [0.25, 0.3) is 0 Å². The zero-order chi connectivity index (χ0) is 14.9. The van der Waals surface area contributed by atoms with Crippen LogP contribution in [0.1, 0.15) is 21.7 Å². The molecule has 0 aliphatic heterocycles. The van der Waals surface area contributed by atoms with Gasteiger partial charge in [-0.05, 0) is 26.0 Å². The Hall–Kier alpha value is -2.14. The number of aryl methyl sites for hydroxylation is 2. The van der Waals surface area contributed by atoms with E-state index in [0.717, 1.165) is 6.07 Å². The normalized spacial score (nSPS) is 10.4. The van der Waals surface area contributed by atoms with Gasteiger partial charge >= 0.3 is 5.97 Å². The molecule has 1 N–H and O–H groups in total. The molecule has 0 bridgehead atoms. The van der Waals surface area contributed by atoms with Crippen molar-refractivity contribution >= 4 is 17.6 Å². The molecule has 0 saturated heterocycles. The molecule has 1 aromatic heterocycles. The summed E-state index contributed by atoms with van der Waals surface area (Å²) in [6.45, 7) is 3.31. The summed E-state index contributed by atoms with van der Waals surface area (Å²) in [7, 11) is 0. The van der Waals surface area contributed by atoms with E-state index in [-0.39, 0.29) is 22.1 Å². The highest BCUT2D eigenvalue weighted by Crippen LogP contribution is 2.30. The summed E-state index contributed by atoms with van der Waals surface area (Å²) in [4.78, 5) is 15.3. The first-order valence-electron chi connectivity index (χ1n) is 5.73. The fourth-order valence-electron chi connectivity index (χ4n) is 1.80. The molecule has 0 aliphatic carbocycles. The zero-order valence-electron chi connectivity index (χ0n) is 10.8. The molecule has 0 fully saturated rings. The summed E-state index contributed by atoms with van der Waals surface area (Å²) in [6.07, 6.45) is 0. The smallest absolute Gasteiger partial charge is 0.341 e. The van der Waals surface area contributed by atoms with Crippen LogP contribution in [0.15, 0.2) is 24.3 Å². The van der Waals surface area contributed by atoms with E-state index in [4.69, 9.17) is 16.3 Å². The number of pyridine rings is 1. The maximum absolute atomic E-state index is 13.1. The Morgan fingerprint density at radius 3 is 2.65 bits per heavy atom. The van der Waals surface area contributed by atoms with E-state index in [1.165, 1.54) is 18.2 Å². The number of carboxylic acids is 1. The fraction of sp³-hybridized carbons (Fsp3) is 0.143. The zero-order valence-corrected chi connectivity index (χ0v) is 11.5. The van der Waals surface area contributed by atoms with E-state index < -0.39 is 11.8 Å². The van der Waals surface area contributed by atoms with Crippen LogP contribution in [0.3, 0.4) is 0 Å². The van der Waals surface area contributed by atoms with Crippen LogP contribution in [0.2, 0.25) is 5.02 Å². The van der Waals surface area contributed by atoms with E-state index in [2.05, 4.69) is 4.98 Å². The standard InChI is InChI=1S/C14H11ClFNO3/c1-7-5-12(13(14(18)19)8(2)17-7)20-9-3-4-11(16)10(15)6-9/h3-6H,1-2H3,(H,18,19). The molecule has 0 atom stereocenters. The third-order valence-corrected chi connectivity index (χ3v) is 2.91. The van der Waals surface area contributed by atoms with Crippen molar-refractivity contribution in [3.63, 3.8) is 0 Å². The van der Waals surface area contributed by atoms with Gasteiger partial charge in [0.15, 0.2) is 0 Å². The summed E-state index contributed by atoms with van der Waals surface area (Å²) in [5.41, 5.74) is 0.937. The number of carboxylic acid groups (broad SMARTS) is 1. The largest absolute Gasteiger partial charge is 0.477 e. The first kappa shape index (κ1) is 14.3. The molecule has 6 heteroatoms. The minimum Gasteiger partial charge on any atom is -0.477 e. The van der Waals surface area contributed by atoms with Crippen molar-refractivity contribution in [1.82, 2.24) is 4.98 Å². The number of hydrogen-bond donors (Lipinski definition) is 1. The molecule has 1 heterocycles. The van der Waals surface area contributed by atoms with Gasteiger partial charge in [-0.2, -0.15) is 0 Å². The second-order valence-corrected chi connectivity index (χ2v) is 4.61. The fourth-order valence-corrected chi connectivity index (χ4v) is 1.97. The van der Waals surface area contributed by atoms with Crippen LogP contribution in [0.5, 0.6) is 11.5 Å². The average Bonchev–Trinajstić information content (AvgIpc) is 2.32. The quantitative estimate of drug-likeness (QED) is 0.930. The maximum atomic E-state index is 13.1. The number of aromatic nitrogens is 1. The van der Waals surface area contributed by atoms with E-state index >= 15 is 0 Å². The van der Waals surface area contributed by atoms with E-state index in [0.29, 0.717) is 11.4 Å². The molecule has 2 aromatic rings. The van der Waals surface area contributed by atoms with Crippen molar-refractivity contribution in [2.24, 2.45) is 0 Å². The number of nitrogens with zero attached hydrogens (tertiary/aromatic N) is 1. The molecule has 2 rings (SSSR count). The number of hydrogen-bond acceptors (Lipinski definition) is 3. The summed E-state index contributed by atoms with van der Waals surface area (Å²) in [5, 5.41) is 9.11. The molecular formula is C14H11ClFNO3. The first-order valence-corrected chi connectivity index (χ1v) is 6.10. The number of halogens is 2. The van der Waals surface area contributed by atoms with Crippen LogP contribution >= 0.6 is 11.6 Å². The number of aromatic carboxylic acids is 1. The van der Waals surface area contributed by atoms with E-state index in [1.807, 2.05) is 0 Å². The second kappa shape index (κ2) is 5.46. The molecule has 0 saturated carbocycles. The molecule has 0 radical (unpaired) electrons. The van der Waals surface area contributed by atoms with Crippen LogP contribution in [0.4, 0.5) is 4.39 Å². The lowest BCUT2D eigenvalue weighted by Crippen LogP contribution is -2.06. The van der Waals surface area contributed by atoms with Crippen molar-refractivity contribution in [2.75, 3.05) is 0 Å². The van der Waals surface area contributed by atoms with E-state index in [9.17, 15) is 14.3 Å². The SMILES string of the molecule is Cc1cc(Oc2ccc(F)c(Cl)c2)c(C(=O)O)c(C)n1. The van der Waals surface area contributed by atoms with Crippen molar-refractivity contribution in [3.05, 3.63) is 52.1 Å². The van der Waals surface area contributed by atoms with Gasteiger partial charge in [0, 0.05) is 17.8 Å². The van der Waals surface area contributed by atoms with Gasteiger partial charge in [-0.3, -0.25) is 4.98 Å². The molecule has 0 aliphatic rings. The van der Waals surface area contributed by atoms with Gasteiger partial charge in [-0.15, -0.1) is 0 Å². The summed E-state index contributed by atoms with van der Waals surface area (Å²) >= 11 is 5.66. The third kappa shape index (κ3) is 2.88. The van der Waals surface area contributed by atoms with Gasteiger partial charge in [0.1, 0.15) is 22.9 Å². The number of rotatable bonds is 3. The molecule has 1 aromatic carbocycles. The van der Waals surface area contributed by atoms with Gasteiger partial charge in [-0.25, -0.2) is 9.18 Å². The minimum atomic E-state index is -1.14. The monoisotopic (exact) mass is 295 g/mol. The number of ether oxygens (including phenoxy) is 1. The van der Waals surface area contributed by atoms with Crippen LogP contribution in [-0.4, -0.2) is 16.1 Å². The van der Waals surface area contributed by atoms with Gasteiger partial charge in [0.2, 0.25) is 0 Å². The Morgan fingerprint density at radius 2 is 2.05 bits per heavy atom. The summed E-state index contributed by atoms with van der Waals surface area (Å²) in [6, 6.07) is 5.32. The Morgan fingerprint density at radius 1 is 1.35 bits per heavy atom. The average molecular weight is 296 g/mol. The maximum Gasteiger partial charge on any atom is 0.341 e. The van der Waals surface area contributed by atoms with Crippen molar-refractivity contribution in [1.29, 1.82) is 0 Å². The molecule has 0 spiro atoms. The topological polar surface area (TPSA) is 59.4 Å². The molecule has 4 nitrogen and oxygen atoms in total. The molecular weight excluding hydrogens is 285 g/mol. The highest BCUT2D eigenvalue weighted by Gasteiger charge is 2.17. The predicted octanol–water partition coefficient (Wildman–Crippen LogP) is 3.98.